The number of hydrazine groups is 1. The van der Waals surface area contributed by atoms with Gasteiger partial charge in [-0.3, -0.25) is 24.2 Å². The van der Waals surface area contributed by atoms with Crippen molar-refractivity contribution in [2.24, 2.45) is 11.8 Å². The average Bonchev–Trinajstić information content (AvgIpc) is 2.93. The van der Waals surface area contributed by atoms with Crippen LogP contribution in [0, 0.1) is 5.92 Å². The van der Waals surface area contributed by atoms with Gasteiger partial charge >= 0.3 is 6.18 Å². The first-order valence-electron chi connectivity index (χ1n) is 14.2. The maximum Gasteiger partial charge on any atom is 0.451 e. The summed E-state index contributed by atoms with van der Waals surface area (Å²) in [6, 6.07) is -2.18. The third-order valence-corrected chi connectivity index (χ3v) is 6.01. The van der Waals surface area contributed by atoms with Gasteiger partial charge in [0.15, 0.2) is 0 Å². The Hall–Kier alpha value is -3.41. The van der Waals surface area contributed by atoms with Crippen molar-refractivity contribution in [3.63, 3.8) is 0 Å². The van der Waals surface area contributed by atoms with Crippen molar-refractivity contribution in [3.05, 3.63) is 47.9 Å². The lowest BCUT2D eigenvalue weighted by atomic mass is 9.99. The zero-order chi connectivity index (χ0) is 33.2. The monoisotopic (exact) mass is 601 g/mol. The largest absolute Gasteiger partial charge is 0.451 e. The first-order valence-corrected chi connectivity index (χ1v) is 14.2. The summed E-state index contributed by atoms with van der Waals surface area (Å²) >= 11 is 0. The summed E-state index contributed by atoms with van der Waals surface area (Å²) in [6.07, 6.45) is 3.54. The van der Waals surface area contributed by atoms with Crippen LogP contribution in [0.15, 0.2) is 47.9 Å². The number of nitrogens with zero attached hydrogens (tertiary/aromatic N) is 2. The Balaban J connectivity index is 0. The zero-order valence-corrected chi connectivity index (χ0v) is 26.5. The van der Waals surface area contributed by atoms with Gasteiger partial charge in [-0.05, 0) is 52.2 Å². The third kappa shape index (κ3) is 13.5. The number of amides is 3. The van der Waals surface area contributed by atoms with Crippen molar-refractivity contribution in [1.29, 1.82) is 0 Å². The number of allylic oxidation sites excluding steroid dienone is 5. The fourth-order valence-corrected chi connectivity index (χ4v) is 3.54. The quantitative estimate of drug-likeness (QED) is 0.106. The molecule has 0 saturated heterocycles. The Morgan fingerprint density at radius 3 is 2.00 bits per heavy atom. The summed E-state index contributed by atoms with van der Waals surface area (Å²) in [7, 11) is 0. The van der Waals surface area contributed by atoms with Gasteiger partial charge in [0.1, 0.15) is 12.1 Å². The molecule has 12 heteroatoms. The molecule has 0 fully saturated rings. The highest BCUT2D eigenvalue weighted by atomic mass is 19.4. The third-order valence-electron chi connectivity index (χ3n) is 6.01. The highest BCUT2D eigenvalue weighted by molar-refractivity contribution is 5.98. The molecule has 0 aromatic heterocycles. The molecule has 0 aliphatic carbocycles. The lowest BCUT2D eigenvalue weighted by Crippen LogP contribution is -2.57. The van der Waals surface area contributed by atoms with Crippen LogP contribution in [0.5, 0.6) is 0 Å². The minimum atomic E-state index is -5.08. The van der Waals surface area contributed by atoms with Crippen LogP contribution in [0.25, 0.3) is 0 Å². The normalized spacial score (nSPS) is 13.8. The molecule has 3 amide bonds. The number of rotatable bonds is 15. The summed E-state index contributed by atoms with van der Waals surface area (Å²) in [5, 5.41) is 5.99. The standard InChI is InChI=1S/C27H42F3N5O4.C3H8/c1-9-13-15-20(11-3)35(31)19(8)18(7)24(37)33-23(17(5)6)26(39)34(12-4)21(14-10-2)25(38)32-16-22(36)27(28,29)30;1-3-2/h9,11,13,15,17,21,23H,3,10,12,14,16,31H2,1-2,4-8H3,(H,32,38)(H,33,37);3H2,1-2H3/b13-9-,19-18+,20-15+;. The van der Waals surface area contributed by atoms with Crippen LogP contribution < -0.4 is 16.5 Å². The lowest BCUT2D eigenvalue weighted by molar-refractivity contribution is -0.170. The van der Waals surface area contributed by atoms with Gasteiger partial charge in [-0.25, -0.2) is 5.84 Å². The number of ketones is 1. The maximum absolute atomic E-state index is 13.6. The molecule has 0 spiro atoms. The predicted octanol–water partition coefficient (Wildman–Crippen LogP) is 4.92. The van der Waals surface area contributed by atoms with Gasteiger partial charge in [0.25, 0.3) is 5.78 Å². The lowest BCUT2D eigenvalue weighted by Gasteiger charge is -2.34. The number of alkyl halides is 3. The highest BCUT2D eigenvalue weighted by Gasteiger charge is 2.39. The number of nitrogens with one attached hydrogen (secondary N) is 2. The maximum atomic E-state index is 13.6. The Bertz CT molecular complexity index is 1000. The Labute approximate surface area is 249 Å². The molecule has 0 heterocycles. The SMILES string of the molecule is C=C/C(=C\C=C/C)N(N)/C(C)=C(\C)C(=O)NC(C(=O)N(CC)C(CCC)C(=O)NCC(=O)C(F)(F)F)C(C)C.CCC. The van der Waals surface area contributed by atoms with E-state index in [1.54, 1.807) is 59.8 Å². The molecule has 0 aliphatic heterocycles. The average molecular weight is 602 g/mol. The second-order valence-electron chi connectivity index (χ2n) is 9.87. The molecular weight excluding hydrogens is 551 g/mol. The number of likely N-dealkylation sites (N-methyl/N-ethyl adjacent to an activating group) is 1. The van der Waals surface area contributed by atoms with Crippen LogP contribution >= 0.6 is 0 Å². The molecule has 0 rings (SSSR count). The fraction of sp³-hybridized carbons (Fsp3) is 0.600. The number of Topliss-reactive ketones (excluding diaryl/α,β-unsaturated/α-hetero) is 1. The van der Waals surface area contributed by atoms with E-state index in [4.69, 9.17) is 5.84 Å². The number of carbonyl (C=O) groups is 4. The van der Waals surface area contributed by atoms with E-state index in [-0.39, 0.29) is 18.5 Å². The van der Waals surface area contributed by atoms with E-state index in [2.05, 4.69) is 25.7 Å². The molecule has 0 saturated carbocycles. The molecule has 2 unspecified atom stereocenters. The molecule has 4 N–H and O–H groups in total. The molecule has 2 atom stereocenters. The summed E-state index contributed by atoms with van der Waals surface area (Å²) in [5.74, 6) is 1.65. The van der Waals surface area contributed by atoms with E-state index >= 15 is 0 Å². The summed E-state index contributed by atoms with van der Waals surface area (Å²) in [6.45, 7) is 18.6. The fourth-order valence-electron chi connectivity index (χ4n) is 3.54. The van der Waals surface area contributed by atoms with Crippen molar-refractivity contribution in [3.8, 4) is 0 Å². The predicted molar refractivity (Wildman–Crippen MR) is 160 cm³/mol. The molecule has 0 bridgehead atoms. The van der Waals surface area contributed by atoms with Crippen LogP contribution in [0.3, 0.4) is 0 Å². The molecule has 0 aliphatic rings. The van der Waals surface area contributed by atoms with E-state index in [0.29, 0.717) is 17.8 Å². The molecule has 9 nitrogen and oxygen atoms in total. The van der Waals surface area contributed by atoms with Crippen molar-refractivity contribution in [2.45, 2.75) is 99.8 Å². The van der Waals surface area contributed by atoms with E-state index in [9.17, 15) is 32.3 Å². The van der Waals surface area contributed by atoms with E-state index in [1.165, 1.54) is 22.4 Å². The van der Waals surface area contributed by atoms with Gasteiger partial charge in [0.2, 0.25) is 17.7 Å². The summed E-state index contributed by atoms with van der Waals surface area (Å²) < 4.78 is 37.7. The van der Waals surface area contributed by atoms with Gasteiger partial charge in [-0.15, -0.1) is 0 Å². The van der Waals surface area contributed by atoms with Crippen LogP contribution in [-0.4, -0.2) is 64.8 Å². The van der Waals surface area contributed by atoms with E-state index in [1.807, 2.05) is 12.2 Å². The topological polar surface area (TPSA) is 125 Å². The molecule has 240 valence electrons. The van der Waals surface area contributed by atoms with Crippen molar-refractivity contribution < 1.29 is 32.3 Å². The molecule has 0 radical (unpaired) electrons. The minimum absolute atomic E-state index is 0.0477. The Kier molecular flexibility index (Phi) is 19.8. The number of halogens is 3. The van der Waals surface area contributed by atoms with Crippen molar-refractivity contribution in [2.75, 3.05) is 13.1 Å². The van der Waals surface area contributed by atoms with Crippen LogP contribution in [0.1, 0.15) is 81.6 Å². The highest BCUT2D eigenvalue weighted by Crippen LogP contribution is 2.18. The molecule has 0 aromatic rings. The smallest absolute Gasteiger partial charge is 0.347 e. The second-order valence-corrected chi connectivity index (χ2v) is 9.87. The van der Waals surface area contributed by atoms with Crippen LogP contribution in [0.4, 0.5) is 13.2 Å². The van der Waals surface area contributed by atoms with Crippen molar-refractivity contribution in [1.82, 2.24) is 20.5 Å². The van der Waals surface area contributed by atoms with Gasteiger partial charge in [0, 0.05) is 17.8 Å². The van der Waals surface area contributed by atoms with Crippen LogP contribution in [-0.2, 0) is 19.2 Å². The van der Waals surface area contributed by atoms with Gasteiger partial charge < -0.3 is 15.5 Å². The van der Waals surface area contributed by atoms with Crippen LogP contribution in [0.2, 0.25) is 0 Å². The number of hydrogen-bond acceptors (Lipinski definition) is 6. The van der Waals surface area contributed by atoms with Crippen molar-refractivity contribution >= 4 is 23.5 Å². The van der Waals surface area contributed by atoms with E-state index < -0.39 is 54.2 Å². The Morgan fingerprint density at radius 2 is 1.60 bits per heavy atom. The minimum Gasteiger partial charge on any atom is -0.347 e. The van der Waals surface area contributed by atoms with Gasteiger partial charge in [-0.2, -0.15) is 13.2 Å². The van der Waals surface area contributed by atoms with E-state index in [0.717, 1.165) is 0 Å². The first-order chi connectivity index (χ1) is 19.5. The molecule has 0 aromatic carbocycles. The number of carbonyl (C=O) groups excluding carboxylic acids is 4. The zero-order valence-electron chi connectivity index (χ0n) is 26.5. The second kappa shape index (κ2) is 20.5. The Morgan fingerprint density at radius 1 is 1.05 bits per heavy atom. The van der Waals surface area contributed by atoms with Gasteiger partial charge in [-0.1, -0.05) is 66.2 Å². The first kappa shape index (κ1) is 40.7. The molecule has 42 heavy (non-hydrogen) atoms. The number of hydrogen-bond donors (Lipinski definition) is 3. The number of nitrogens with two attached hydrogens (primary N) is 1. The summed E-state index contributed by atoms with van der Waals surface area (Å²) in [5.41, 5.74) is 1.17. The molecular formula is C30H50F3N5O4. The summed E-state index contributed by atoms with van der Waals surface area (Å²) in [4.78, 5) is 51.9. The van der Waals surface area contributed by atoms with Gasteiger partial charge in [0.05, 0.1) is 12.2 Å².